The molecule has 3 amide bonds. The highest BCUT2D eigenvalue weighted by molar-refractivity contribution is 5.95. The molecule has 2 aromatic rings. The number of hydrogen-bond acceptors (Lipinski definition) is 6. The number of urea groups is 1. The van der Waals surface area contributed by atoms with E-state index in [0.717, 1.165) is 11.8 Å². The zero-order valence-corrected chi connectivity index (χ0v) is 17.0. The molecule has 0 fully saturated rings. The molecule has 1 aromatic carbocycles. The monoisotopic (exact) mass is 427 g/mol. The molecule has 162 valence electrons. The summed E-state index contributed by atoms with van der Waals surface area (Å²) in [4.78, 5) is 27.4. The van der Waals surface area contributed by atoms with Crippen LogP contribution in [0.15, 0.2) is 18.2 Å². The predicted octanol–water partition coefficient (Wildman–Crippen LogP) is 0.779. The minimum atomic E-state index is -0.649. The van der Waals surface area contributed by atoms with Crippen molar-refractivity contribution in [2.24, 2.45) is 0 Å². The number of anilines is 1. The van der Waals surface area contributed by atoms with Crippen LogP contribution in [0.2, 0.25) is 0 Å². The molecular formula is C20H22FN7O3. The van der Waals surface area contributed by atoms with Gasteiger partial charge in [0.15, 0.2) is 0 Å². The Balaban J connectivity index is 1.54. The minimum absolute atomic E-state index is 0.0666. The Morgan fingerprint density at radius 2 is 2.16 bits per heavy atom. The number of aliphatic hydroxyl groups is 1. The number of aliphatic hydroxyl groups excluding tert-OH is 1. The summed E-state index contributed by atoms with van der Waals surface area (Å²) < 4.78 is 15.2. The van der Waals surface area contributed by atoms with Gasteiger partial charge in [-0.15, -0.1) is 0 Å². The maximum absolute atomic E-state index is 13.5. The summed E-state index contributed by atoms with van der Waals surface area (Å²) in [6, 6.07) is 5.15. The van der Waals surface area contributed by atoms with Crippen LogP contribution in [-0.2, 0) is 19.5 Å². The number of benzene rings is 1. The minimum Gasteiger partial charge on any atom is -0.395 e. The number of hydrazine groups is 1. The van der Waals surface area contributed by atoms with Crippen LogP contribution in [0.5, 0.6) is 0 Å². The molecule has 2 aliphatic heterocycles. The highest BCUT2D eigenvalue weighted by Gasteiger charge is 2.34. The summed E-state index contributed by atoms with van der Waals surface area (Å²) in [5.41, 5.74) is 2.12. The Hall–Kier alpha value is -3.49. The molecular weight excluding hydrogens is 405 g/mol. The Labute approximate surface area is 178 Å². The Bertz CT molecular complexity index is 1080. The average molecular weight is 427 g/mol. The topological polar surface area (TPSA) is 118 Å². The standard InChI is InChI=1S/C20H22FN7O3/c1-25-19(30)18-15-12-26(20(31)23-14-2-3-16(21)13(10-14)11-22)5-4-17(15)24-28(18)7-6-27(25)8-9-29/h2-3,10,29H,4-9,12H2,1H3,(H,23,31). The molecule has 2 aliphatic rings. The molecule has 1 aromatic heterocycles. The smallest absolute Gasteiger partial charge is 0.322 e. The SMILES string of the molecule is CN1C(=O)c2c3c(nn2CCN1CCO)CCN(C(=O)Nc1ccc(F)c(C#N)c1)C3. The normalized spacial score (nSPS) is 16.4. The van der Waals surface area contributed by atoms with Crippen LogP contribution < -0.4 is 5.32 Å². The Kier molecular flexibility index (Phi) is 5.58. The number of fused-ring (bicyclic) bond motifs is 3. The lowest BCUT2D eigenvalue weighted by Gasteiger charge is -2.30. The number of aromatic nitrogens is 2. The molecule has 0 aliphatic carbocycles. The van der Waals surface area contributed by atoms with Gasteiger partial charge >= 0.3 is 6.03 Å². The quantitative estimate of drug-likeness (QED) is 0.748. The van der Waals surface area contributed by atoms with Gasteiger partial charge in [-0.05, 0) is 18.2 Å². The van der Waals surface area contributed by atoms with E-state index < -0.39 is 11.8 Å². The molecule has 10 nitrogen and oxygen atoms in total. The van der Waals surface area contributed by atoms with Crippen molar-refractivity contribution in [3.63, 3.8) is 0 Å². The first-order valence-corrected chi connectivity index (χ1v) is 9.90. The van der Waals surface area contributed by atoms with Gasteiger partial charge in [0, 0.05) is 44.4 Å². The zero-order chi connectivity index (χ0) is 22.1. The fraction of sp³-hybridized carbons (Fsp3) is 0.400. The summed E-state index contributed by atoms with van der Waals surface area (Å²) in [6.45, 7) is 1.93. The van der Waals surface area contributed by atoms with Crippen LogP contribution in [0.4, 0.5) is 14.9 Å². The maximum atomic E-state index is 13.5. The first-order valence-electron chi connectivity index (χ1n) is 9.90. The first-order chi connectivity index (χ1) is 14.9. The second-order valence-electron chi connectivity index (χ2n) is 7.41. The highest BCUT2D eigenvalue weighted by Crippen LogP contribution is 2.26. The molecule has 0 saturated heterocycles. The van der Waals surface area contributed by atoms with E-state index in [1.165, 1.54) is 17.1 Å². The molecule has 4 rings (SSSR count). The molecule has 11 heteroatoms. The van der Waals surface area contributed by atoms with Crippen molar-refractivity contribution in [3.8, 4) is 6.07 Å². The highest BCUT2D eigenvalue weighted by atomic mass is 19.1. The van der Waals surface area contributed by atoms with E-state index in [1.807, 2.05) is 0 Å². The van der Waals surface area contributed by atoms with Crippen LogP contribution in [0.1, 0.15) is 27.3 Å². The van der Waals surface area contributed by atoms with Gasteiger partial charge in [-0.2, -0.15) is 10.4 Å². The van der Waals surface area contributed by atoms with Crippen molar-refractivity contribution in [1.82, 2.24) is 24.7 Å². The van der Waals surface area contributed by atoms with Gasteiger partial charge in [-0.3, -0.25) is 14.5 Å². The number of rotatable bonds is 3. The lowest BCUT2D eigenvalue weighted by molar-refractivity contribution is -0.000185. The molecule has 0 radical (unpaired) electrons. The van der Waals surface area contributed by atoms with Crippen molar-refractivity contribution in [2.45, 2.75) is 19.5 Å². The van der Waals surface area contributed by atoms with E-state index in [9.17, 15) is 19.1 Å². The van der Waals surface area contributed by atoms with E-state index in [1.54, 1.807) is 27.7 Å². The van der Waals surface area contributed by atoms with Gasteiger partial charge in [0.1, 0.15) is 17.6 Å². The maximum Gasteiger partial charge on any atom is 0.322 e. The number of nitrogens with one attached hydrogen (secondary N) is 1. The summed E-state index contributed by atoms with van der Waals surface area (Å²) in [7, 11) is 1.65. The van der Waals surface area contributed by atoms with Crippen LogP contribution >= 0.6 is 0 Å². The van der Waals surface area contributed by atoms with Gasteiger partial charge < -0.3 is 15.3 Å². The van der Waals surface area contributed by atoms with Crippen molar-refractivity contribution >= 4 is 17.6 Å². The molecule has 0 spiro atoms. The molecule has 0 bridgehead atoms. The lowest BCUT2D eigenvalue weighted by Crippen LogP contribution is -2.45. The molecule has 2 N–H and O–H groups in total. The van der Waals surface area contributed by atoms with Crippen molar-refractivity contribution < 1.29 is 19.1 Å². The Morgan fingerprint density at radius 3 is 2.90 bits per heavy atom. The fourth-order valence-electron chi connectivity index (χ4n) is 3.91. The summed E-state index contributed by atoms with van der Waals surface area (Å²) in [5, 5.41) is 28.7. The van der Waals surface area contributed by atoms with E-state index in [4.69, 9.17) is 5.26 Å². The van der Waals surface area contributed by atoms with Crippen molar-refractivity contribution in [1.29, 1.82) is 5.26 Å². The van der Waals surface area contributed by atoms with Crippen molar-refractivity contribution in [3.05, 3.63) is 46.5 Å². The van der Waals surface area contributed by atoms with E-state index in [0.29, 0.717) is 49.5 Å². The van der Waals surface area contributed by atoms with Gasteiger partial charge in [0.2, 0.25) is 0 Å². The predicted molar refractivity (Wildman–Crippen MR) is 107 cm³/mol. The van der Waals surface area contributed by atoms with Crippen molar-refractivity contribution in [2.75, 3.05) is 38.6 Å². The number of carbonyl (C=O) groups excluding carboxylic acids is 2. The molecule has 31 heavy (non-hydrogen) atoms. The molecule has 0 unspecified atom stereocenters. The second-order valence-corrected chi connectivity index (χ2v) is 7.41. The van der Waals surface area contributed by atoms with Crippen LogP contribution in [0.3, 0.4) is 0 Å². The number of halogens is 1. The second kappa shape index (κ2) is 8.33. The van der Waals surface area contributed by atoms with Crippen LogP contribution in [0, 0.1) is 17.1 Å². The molecule has 3 heterocycles. The molecule has 0 atom stereocenters. The first kappa shape index (κ1) is 20.8. The van der Waals surface area contributed by atoms with Gasteiger partial charge in [-0.25, -0.2) is 14.2 Å². The molecule has 0 saturated carbocycles. The summed E-state index contributed by atoms with van der Waals surface area (Å²) >= 11 is 0. The fourth-order valence-corrected chi connectivity index (χ4v) is 3.91. The van der Waals surface area contributed by atoms with Crippen LogP contribution in [-0.4, -0.2) is 75.0 Å². The summed E-state index contributed by atoms with van der Waals surface area (Å²) in [5.74, 6) is -0.886. The number of hydrogen-bond donors (Lipinski definition) is 2. The van der Waals surface area contributed by atoms with E-state index >= 15 is 0 Å². The van der Waals surface area contributed by atoms with Gasteiger partial charge in [0.05, 0.1) is 31.0 Å². The largest absolute Gasteiger partial charge is 0.395 e. The number of nitrogens with zero attached hydrogens (tertiary/aromatic N) is 6. The van der Waals surface area contributed by atoms with Gasteiger partial charge in [0.25, 0.3) is 5.91 Å². The third-order valence-corrected chi connectivity index (χ3v) is 5.58. The third-order valence-electron chi connectivity index (χ3n) is 5.58. The van der Waals surface area contributed by atoms with Crippen LogP contribution in [0.25, 0.3) is 0 Å². The number of amides is 3. The third kappa shape index (κ3) is 3.83. The van der Waals surface area contributed by atoms with Gasteiger partial charge in [-0.1, -0.05) is 0 Å². The van der Waals surface area contributed by atoms with E-state index in [2.05, 4.69) is 10.4 Å². The Morgan fingerprint density at radius 1 is 1.35 bits per heavy atom. The van der Waals surface area contributed by atoms with E-state index in [-0.39, 0.29) is 24.6 Å². The lowest BCUT2D eigenvalue weighted by atomic mass is 10.1. The number of carbonyl (C=O) groups is 2. The number of nitriles is 1. The number of β-amino-alcohol motifs (C(OH)–C–C–N with tert-alkyl or cyclic N) is 1. The summed E-state index contributed by atoms with van der Waals surface area (Å²) in [6.07, 6.45) is 0.507. The zero-order valence-electron chi connectivity index (χ0n) is 17.0. The average Bonchev–Trinajstić information content (AvgIpc) is 3.09.